The zero-order valence-electron chi connectivity index (χ0n) is 17.5. The van der Waals surface area contributed by atoms with Gasteiger partial charge in [0.05, 0.1) is 11.3 Å². The molecular weight excluding hydrogens is 425 g/mol. The Labute approximate surface area is 183 Å². The quantitative estimate of drug-likeness (QED) is 0.723. The number of ether oxygens (including phenoxy) is 1. The molecule has 0 N–H and O–H groups in total. The summed E-state index contributed by atoms with van der Waals surface area (Å²) in [5.41, 5.74) is -0.230. The largest absolute Gasteiger partial charge is 0.479 e. The van der Waals surface area contributed by atoms with Crippen LogP contribution in [0.4, 0.5) is 24.7 Å². The van der Waals surface area contributed by atoms with Gasteiger partial charge in [-0.3, -0.25) is 14.5 Å². The highest BCUT2D eigenvalue weighted by Crippen LogP contribution is 2.33. The highest BCUT2D eigenvalue weighted by atomic mass is 19.4. The Morgan fingerprint density at radius 1 is 1.12 bits per heavy atom. The van der Waals surface area contributed by atoms with Crippen LogP contribution in [0.5, 0.6) is 5.75 Å². The Morgan fingerprint density at radius 2 is 1.91 bits per heavy atom. The van der Waals surface area contributed by atoms with Gasteiger partial charge in [-0.15, -0.1) is 0 Å². The van der Waals surface area contributed by atoms with E-state index in [4.69, 9.17) is 4.74 Å². The first kappa shape index (κ1) is 21.9. The SMILES string of the molecule is C[C@H]1Oc2ccccc2N(CC(=O)N2CCCN(c3ccc(C(F)(F)F)cn3)CC2)C1=O. The van der Waals surface area contributed by atoms with Gasteiger partial charge in [-0.1, -0.05) is 12.1 Å². The first-order chi connectivity index (χ1) is 15.2. The molecule has 1 aromatic carbocycles. The summed E-state index contributed by atoms with van der Waals surface area (Å²) in [6.45, 7) is 3.44. The number of benzene rings is 1. The summed E-state index contributed by atoms with van der Waals surface area (Å²) in [4.78, 5) is 34.6. The van der Waals surface area contributed by atoms with Crippen LogP contribution in [0.25, 0.3) is 0 Å². The fourth-order valence-electron chi connectivity index (χ4n) is 3.89. The van der Waals surface area contributed by atoms with Gasteiger partial charge >= 0.3 is 6.18 Å². The molecule has 0 saturated carbocycles. The lowest BCUT2D eigenvalue weighted by Gasteiger charge is -2.33. The number of para-hydroxylation sites is 2. The number of pyridine rings is 1. The molecule has 0 spiro atoms. The summed E-state index contributed by atoms with van der Waals surface area (Å²) in [6.07, 6.45) is -3.65. The van der Waals surface area contributed by atoms with Crippen molar-refractivity contribution in [3.63, 3.8) is 0 Å². The van der Waals surface area contributed by atoms with Gasteiger partial charge in [0.15, 0.2) is 6.10 Å². The molecule has 2 aliphatic rings. The van der Waals surface area contributed by atoms with E-state index < -0.39 is 17.8 Å². The fourth-order valence-corrected chi connectivity index (χ4v) is 3.89. The Kier molecular flexibility index (Phi) is 5.94. The molecule has 2 aliphatic heterocycles. The summed E-state index contributed by atoms with van der Waals surface area (Å²) < 4.78 is 43.9. The molecule has 0 unspecified atom stereocenters. The minimum atomic E-state index is -4.43. The molecule has 1 atom stereocenters. The number of hydrogen-bond donors (Lipinski definition) is 0. The topological polar surface area (TPSA) is 66.0 Å². The van der Waals surface area contributed by atoms with Crippen molar-refractivity contribution in [3.8, 4) is 5.75 Å². The van der Waals surface area contributed by atoms with Crippen molar-refractivity contribution < 1.29 is 27.5 Å². The molecule has 0 aliphatic carbocycles. The van der Waals surface area contributed by atoms with Crippen molar-refractivity contribution in [1.29, 1.82) is 0 Å². The van der Waals surface area contributed by atoms with Crippen LogP contribution in [-0.2, 0) is 15.8 Å². The van der Waals surface area contributed by atoms with E-state index in [0.717, 1.165) is 12.3 Å². The highest BCUT2D eigenvalue weighted by molar-refractivity contribution is 6.03. The minimum Gasteiger partial charge on any atom is -0.479 e. The van der Waals surface area contributed by atoms with Gasteiger partial charge in [0.2, 0.25) is 5.91 Å². The number of carbonyl (C=O) groups excluding carboxylic acids is 2. The van der Waals surface area contributed by atoms with Crippen molar-refractivity contribution in [2.24, 2.45) is 0 Å². The van der Waals surface area contributed by atoms with Gasteiger partial charge in [0.1, 0.15) is 18.1 Å². The lowest BCUT2D eigenvalue weighted by atomic mass is 10.2. The molecule has 10 heteroatoms. The number of hydrogen-bond acceptors (Lipinski definition) is 5. The predicted octanol–water partition coefficient (Wildman–Crippen LogP) is 2.95. The van der Waals surface area contributed by atoms with Crippen molar-refractivity contribution in [2.75, 3.05) is 42.5 Å². The predicted molar refractivity (Wildman–Crippen MR) is 112 cm³/mol. The third kappa shape index (κ3) is 4.49. The van der Waals surface area contributed by atoms with Gasteiger partial charge in [0, 0.05) is 32.4 Å². The summed E-state index contributed by atoms with van der Waals surface area (Å²) >= 11 is 0. The summed E-state index contributed by atoms with van der Waals surface area (Å²) in [6, 6.07) is 9.46. The number of alkyl halides is 3. The fraction of sp³-hybridized carbons (Fsp3) is 0.409. The van der Waals surface area contributed by atoms with Crippen LogP contribution in [0.1, 0.15) is 18.9 Å². The maximum Gasteiger partial charge on any atom is 0.417 e. The van der Waals surface area contributed by atoms with Crippen LogP contribution >= 0.6 is 0 Å². The molecule has 2 amide bonds. The van der Waals surface area contributed by atoms with E-state index >= 15 is 0 Å². The number of aromatic nitrogens is 1. The van der Waals surface area contributed by atoms with E-state index in [0.29, 0.717) is 49.9 Å². The van der Waals surface area contributed by atoms with Crippen LogP contribution in [0.15, 0.2) is 42.6 Å². The second kappa shape index (κ2) is 8.68. The van der Waals surface area contributed by atoms with Gasteiger partial charge in [-0.2, -0.15) is 13.2 Å². The molecule has 0 bridgehead atoms. The molecule has 32 heavy (non-hydrogen) atoms. The number of rotatable bonds is 3. The molecule has 2 aromatic rings. The normalized spacial score (nSPS) is 19.3. The van der Waals surface area contributed by atoms with Crippen molar-refractivity contribution in [1.82, 2.24) is 9.88 Å². The van der Waals surface area contributed by atoms with E-state index in [1.54, 1.807) is 36.1 Å². The van der Waals surface area contributed by atoms with E-state index in [-0.39, 0.29) is 18.4 Å². The van der Waals surface area contributed by atoms with E-state index in [2.05, 4.69) is 4.98 Å². The molecule has 0 radical (unpaired) electrons. The Morgan fingerprint density at radius 3 is 2.62 bits per heavy atom. The van der Waals surface area contributed by atoms with Crippen molar-refractivity contribution in [2.45, 2.75) is 25.6 Å². The molecule has 1 fully saturated rings. The molecule has 3 heterocycles. The molecule has 4 rings (SSSR count). The van der Waals surface area contributed by atoms with Crippen LogP contribution in [0.3, 0.4) is 0 Å². The number of nitrogens with zero attached hydrogens (tertiary/aromatic N) is 4. The standard InChI is InChI=1S/C22H23F3N4O3/c1-15-21(31)29(17-5-2-3-6-18(17)32-15)14-20(30)28-10-4-9-27(11-12-28)19-8-7-16(13-26-19)22(23,24)25/h2-3,5-8,13,15H,4,9-12,14H2,1H3/t15-/m1/s1. The lowest BCUT2D eigenvalue weighted by Crippen LogP contribution is -2.50. The number of halogens is 3. The first-order valence-electron chi connectivity index (χ1n) is 10.4. The van der Waals surface area contributed by atoms with Gasteiger partial charge in [0.25, 0.3) is 5.91 Å². The van der Waals surface area contributed by atoms with Crippen LogP contribution in [-0.4, -0.2) is 60.5 Å². The smallest absolute Gasteiger partial charge is 0.417 e. The third-order valence-electron chi connectivity index (χ3n) is 5.61. The zero-order chi connectivity index (χ0) is 22.9. The maximum atomic E-state index is 13.0. The van der Waals surface area contributed by atoms with Gasteiger partial charge < -0.3 is 14.5 Å². The molecule has 7 nitrogen and oxygen atoms in total. The average Bonchev–Trinajstić information content (AvgIpc) is 3.03. The Hall–Kier alpha value is -3.30. The molecule has 1 aromatic heterocycles. The van der Waals surface area contributed by atoms with Crippen molar-refractivity contribution >= 4 is 23.3 Å². The Balaban J connectivity index is 1.41. The monoisotopic (exact) mass is 448 g/mol. The Bertz CT molecular complexity index is 997. The van der Waals surface area contributed by atoms with Crippen molar-refractivity contribution in [3.05, 3.63) is 48.2 Å². The van der Waals surface area contributed by atoms with Crippen LogP contribution in [0, 0.1) is 0 Å². The number of anilines is 2. The molecule has 170 valence electrons. The highest BCUT2D eigenvalue weighted by Gasteiger charge is 2.34. The van der Waals surface area contributed by atoms with E-state index in [1.807, 2.05) is 4.90 Å². The van der Waals surface area contributed by atoms with Gasteiger partial charge in [-0.05, 0) is 37.6 Å². The number of fused-ring (bicyclic) bond motifs is 1. The number of carbonyl (C=O) groups is 2. The maximum absolute atomic E-state index is 13.0. The third-order valence-corrected chi connectivity index (χ3v) is 5.61. The lowest BCUT2D eigenvalue weighted by molar-refractivity contribution is -0.137. The van der Waals surface area contributed by atoms with Gasteiger partial charge in [-0.25, -0.2) is 4.98 Å². The number of amides is 2. The first-order valence-corrected chi connectivity index (χ1v) is 10.4. The van der Waals surface area contributed by atoms with Crippen LogP contribution < -0.4 is 14.5 Å². The molecule has 1 saturated heterocycles. The van der Waals surface area contributed by atoms with E-state index in [1.165, 1.54) is 11.0 Å². The zero-order valence-corrected chi connectivity index (χ0v) is 17.5. The van der Waals surface area contributed by atoms with E-state index in [9.17, 15) is 22.8 Å². The second-order valence-corrected chi connectivity index (χ2v) is 7.78. The average molecular weight is 448 g/mol. The summed E-state index contributed by atoms with van der Waals surface area (Å²) in [5.74, 6) is 0.535. The summed E-state index contributed by atoms with van der Waals surface area (Å²) in [5, 5.41) is 0. The second-order valence-electron chi connectivity index (χ2n) is 7.78. The summed E-state index contributed by atoms with van der Waals surface area (Å²) in [7, 11) is 0. The minimum absolute atomic E-state index is 0.0952. The molecular formula is C22H23F3N4O3. The van der Waals surface area contributed by atoms with Crippen LogP contribution in [0.2, 0.25) is 0 Å².